The first-order chi connectivity index (χ1) is 15.3. The highest BCUT2D eigenvalue weighted by Crippen LogP contribution is 2.27. The summed E-state index contributed by atoms with van der Waals surface area (Å²) in [5.41, 5.74) is 10.1. The molecule has 170 valence electrons. The van der Waals surface area contributed by atoms with E-state index in [-0.39, 0.29) is 11.8 Å². The lowest BCUT2D eigenvalue weighted by Crippen LogP contribution is -2.47. The van der Waals surface area contributed by atoms with Gasteiger partial charge in [0.25, 0.3) is 0 Å². The predicted octanol–water partition coefficient (Wildman–Crippen LogP) is 2.09. The number of para-hydroxylation sites is 1. The Hall–Kier alpha value is -3.17. The van der Waals surface area contributed by atoms with E-state index in [1.54, 1.807) is 12.1 Å². The number of imidazole rings is 1. The minimum Gasteiger partial charge on any atom is -0.506 e. The molecule has 0 bridgehead atoms. The maximum absolute atomic E-state index is 11.0. The molecule has 1 atom stereocenters. The van der Waals surface area contributed by atoms with Crippen LogP contribution in [-0.2, 0) is 11.3 Å². The monoisotopic (exact) mass is 438 g/mol. The average molecular weight is 439 g/mol. The predicted molar refractivity (Wildman–Crippen MR) is 123 cm³/mol. The van der Waals surface area contributed by atoms with E-state index in [0.29, 0.717) is 18.8 Å². The summed E-state index contributed by atoms with van der Waals surface area (Å²) in [6.45, 7) is 6.26. The molecule has 0 spiro atoms. The van der Waals surface area contributed by atoms with Gasteiger partial charge in [-0.25, -0.2) is 4.98 Å². The van der Waals surface area contributed by atoms with Gasteiger partial charge >= 0.3 is 5.97 Å². The molecule has 0 saturated carbocycles. The number of piperidine rings is 1. The molecular formula is C23H30N6O3. The molecule has 0 aliphatic carbocycles. The number of nitrogens with two attached hydrogens (primary N) is 1. The molecule has 0 unspecified atom stereocenters. The van der Waals surface area contributed by atoms with E-state index in [1.807, 2.05) is 32.0 Å². The van der Waals surface area contributed by atoms with Crippen LogP contribution < -0.4 is 11.1 Å². The van der Waals surface area contributed by atoms with Gasteiger partial charge in [-0.3, -0.25) is 9.78 Å². The molecule has 0 radical (unpaired) electrons. The first-order valence-electron chi connectivity index (χ1n) is 10.9. The number of carbonyl (C=O) groups is 1. The van der Waals surface area contributed by atoms with Gasteiger partial charge in [0.2, 0.25) is 5.95 Å². The summed E-state index contributed by atoms with van der Waals surface area (Å²) in [5, 5.41) is 23.0. The van der Waals surface area contributed by atoms with Gasteiger partial charge in [-0.1, -0.05) is 12.1 Å². The van der Waals surface area contributed by atoms with E-state index in [2.05, 4.69) is 19.8 Å². The van der Waals surface area contributed by atoms with Crippen molar-refractivity contribution < 1.29 is 15.0 Å². The lowest BCUT2D eigenvalue weighted by atomic mass is 10.0. The second-order valence-corrected chi connectivity index (χ2v) is 8.55. The van der Waals surface area contributed by atoms with Crippen molar-refractivity contribution in [2.75, 3.05) is 25.0 Å². The number of benzene rings is 1. The van der Waals surface area contributed by atoms with E-state index in [0.717, 1.165) is 54.2 Å². The van der Waals surface area contributed by atoms with Gasteiger partial charge in [-0.15, -0.1) is 0 Å². The van der Waals surface area contributed by atoms with E-state index >= 15 is 0 Å². The van der Waals surface area contributed by atoms with E-state index < -0.39 is 12.0 Å². The van der Waals surface area contributed by atoms with Crippen LogP contribution in [0.5, 0.6) is 5.75 Å². The van der Waals surface area contributed by atoms with Crippen molar-refractivity contribution in [2.45, 2.75) is 45.3 Å². The summed E-state index contributed by atoms with van der Waals surface area (Å²) in [5.74, 6) is -0.0563. The molecule has 2 aromatic heterocycles. The number of fused-ring (bicyclic) bond motifs is 1. The van der Waals surface area contributed by atoms with Crippen LogP contribution >= 0.6 is 0 Å². The molecule has 1 saturated heterocycles. The third kappa shape index (κ3) is 4.68. The maximum atomic E-state index is 11.0. The molecule has 3 aromatic rings. The first kappa shape index (κ1) is 22.0. The number of hydrogen-bond donors (Lipinski definition) is 4. The van der Waals surface area contributed by atoms with Gasteiger partial charge in [0.1, 0.15) is 17.5 Å². The Morgan fingerprint density at radius 1 is 1.22 bits per heavy atom. The number of aryl methyl sites for hydroxylation is 2. The third-order valence-electron chi connectivity index (χ3n) is 6.07. The molecule has 3 heterocycles. The van der Waals surface area contributed by atoms with Crippen molar-refractivity contribution >= 4 is 23.0 Å². The molecule has 9 nitrogen and oxygen atoms in total. The van der Waals surface area contributed by atoms with Crippen LogP contribution in [0.4, 0.5) is 5.95 Å². The van der Waals surface area contributed by atoms with Gasteiger partial charge in [0, 0.05) is 31.4 Å². The molecular weight excluding hydrogens is 408 g/mol. The molecule has 9 heteroatoms. The fraction of sp³-hybridized carbons (Fsp3) is 0.435. The number of aliphatic carboxylic acids is 1. The molecule has 4 rings (SSSR count). The number of carboxylic acids is 1. The zero-order valence-corrected chi connectivity index (χ0v) is 18.5. The number of aromatic nitrogens is 3. The Morgan fingerprint density at radius 2 is 1.97 bits per heavy atom. The summed E-state index contributed by atoms with van der Waals surface area (Å²) >= 11 is 0. The van der Waals surface area contributed by atoms with Crippen LogP contribution in [0, 0.1) is 13.8 Å². The Bertz CT molecular complexity index is 1120. The van der Waals surface area contributed by atoms with Crippen LogP contribution in [0.1, 0.15) is 29.8 Å². The van der Waals surface area contributed by atoms with Crippen LogP contribution in [-0.4, -0.2) is 67.3 Å². The minimum absolute atomic E-state index is 0.166. The Balaban J connectivity index is 1.55. The highest BCUT2D eigenvalue weighted by Gasteiger charge is 2.24. The topological polar surface area (TPSA) is 130 Å². The average Bonchev–Trinajstić information content (AvgIpc) is 3.10. The number of nitrogens with zero attached hydrogens (tertiary/aromatic N) is 4. The summed E-state index contributed by atoms with van der Waals surface area (Å²) in [6.07, 6.45) is 1.73. The number of carboxylic acid groups (broad SMARTS) is 1. The number of nitrogens with one attached hydrogen (secondary N) is 1. The summed E-state index contributed by atoms with van der Waals surface area (Å²) in [6, 6.07) is 8.89. The molecule has 1 aromatic carbocycles. The van der Waals surface area contributed by atoms with Gasteiger partial charge in [-0.2, -0.15) is 0 Å². The number of aromatic hydroxyl groups is 1. The SMILES string of the molecule is Cc1ccc(O)c(Cn2c(NC3CCN(C[C@H](N)C(=O)O)CC3)nc3c(C)cccc32)n1. The molecule has 1 aliphatic rings. The van der Waals surface area contributed by atoms with Crippen molar-refractivity contribution in [3.8, 4) is 5.75 Å². The summed E-state index contributed by atoms with van der Waals surface area (Å²) < 4.78 is 2.07. The van der Waals surface area contributed by atoms with Crippen LogP contribution in [0.2, 0.25) is 0 Å². The Morgan fingerprint density at radius 3 is 2.69 bits per heavy atom. The zero-order chi connectivity index (χ0) is 22.8. The van der Waals surface area contributed by atoms with Crippen molar-refractivity contribution in [1.29, 1.82) is 0 Å². The van der Waals surface area contributed by atoms with Crippen LogP contribution in [0.15, 0.2) is 30.3 Å². The fourth-order valence-electron chi connectivity index (χ4n) is 4.23. The quantitative estimate of drug-likeness (QED) is 0.441. The van der Waals surface area contributed by atoms with Gasteiger partial charge in [0.05, 0.1) is 17.6 Å². The maximum Gasteiger partial charge on any atom is 0.321 e. The van der Waals surface area contributed by atoms with Crippen molar-refractivity contribution in [2.24, 2.45) is 5.73 Å². The van der Waals surface area contributed by atoms with Crippen molar-refractivity contribution in [3.05, 3.63) is 47.3 Å². The van der Waals surface area contributed by atoms with Crippen molar-refractivity contribution in [1.82, 2.24) is 19.4 Å². The van der Waals surface area contributed by atoms with Gasteiger partial charge in [0.15, 0.2) is 0 Å². The highest BCUT2D eigenvalue weighted by atomic mass is 16.4. The fourth-order valence-corrected chi connectivity index (χ4v) is 4.23. The second kappa shape index (κ2) is 9.13. The van der Waals surface area contributed by atoms with Crippen molar-refractivity contribution in [3.63, 3.8) is 0 Å². The van der Waals surface area contributed by atoms with E-state index in [9.17, 15) is 9.90 Å². The smallest absolute Gasteiger partial charge is 0.321 e. The number of pyridine rings is 1. The van der Waals surface area contributed by atoms with Crippen LogP contribution in [0.3, 0.4) is 0 Å². The summed E-state index contributed by atoms with van der Waals surface area (Å²) in [4.78, 5) is 22.5. The molecule has 5 N–H and O–H groups in total. The first-order valence-corrected chi connectivity index (χ1v) is 10.9. The summed E-state index contributed by atoms with van der Waals surface area (Å²) in [7, 11) is 0. The van der Waals surface area contributed by atoms with Gasteiger partial charge in [-0.05, 0) is 50.5 Å². The Labute approximate surface area is 186 Å². The zero-order valence-electron chi connectivity index (χ0n) is 18.5. The second-order valence-electron chi connectivity index (χ2n) is 8.55. The highest BCUT2D eigenvalue weighted by molar-refractivity contribution is 5.82. The molecule has 1 aliphatic heterocycles. The number of likely N-dealkylation sites (tertiary alicyclic amines) is 1. The standard InChI is InChI=1S/C23H30N6O3/c1-14-4-3-5-19-21(14)27-23(29(19)13-18-20(30)7-6-15(2)25-18)26-16-8-10-28(11-9-16)12-17(24)22(31)32/h3-7,16-17,30H,8-13,24H2,1-2H3,(H,26,27)(H,31,32)/t17-/m0/s1. The largest absolute Gasteiger partial charge is 0.506 e. The number of anilines is 1. The lowest BCUT2D eigenvalue weighted by molar-refractivity contribution is -0.139. The Kier molecular flexibility index (Phi) is 6.29. The minimum atomic E-state index is -0.970. The van der Waals surface area contributed by atoms with E-state index in [4.69, 9.17) is 15.8 Å². The molecule has 0 amide bonds. The lowest BCUT2D eigenvalue weighted by Gasteiger charge is -2.33. The third-order valence-corrected chi connectivity index (χ3v) is 6.07. The van der Waals surface area contributed by atoms with Crippen LogP contribution in [0.25, 0.3) is 11.0 Å². The number of hydrogen-bond acceptors (Lipinski definition) is 7. The van der Waals surface area contributed by atoms with Gasteiger partial charge < -0.3 is 30.7 Å². The normalized spacial score (nSPS) is 16.3. The van der Waals surface area contributed by atoms with E-state index in [1.165, 1.54) is 0 Å². The number of rotatable bonds is 7. The molecule has 1 fully saturated rings. The molecule has 32 heavy (non-hydrogen) atoms.